The molecular weight excluding hydrogens is 307 g/mol. The number of nitrogens with one attached hydrogen (secondary N) is 1. The summed E-state index contributed by atoms with van der Waals surface area (Å²) in [6.45, 7) is 2.00. The van der Waals surface area contributed by atoms with E-state index in [9.17, 15) is 9.18 Å². The van der Waals surface area contributed by atoms with E-state index in [0.29, 0.717) is 21.9 Å². The lowest BCUT2D eigenvalue weighted by Gasteiger charge is -1.98. The van der Waals surface area contributed by atoms with Crippen molar-refractivity contribution >= 4 is 28.2 Å². The van der Waals surface area contributed by atoms with Crippen LogP contribution in [0.25, 0.3) is 21.9 Å². The third kappa shape index (κ3) is 2.38. The zero-order chi connectivity index (χ0) is 16.7. The van der Waals surface area contributed by atoms with Gasteiger partial charge in [0.15, 0.2) is 0 Å². The van der Waals surface area contributed by atoms with E-state index in [-0.39, 0.29) is 11.4 Å². The zero-order valence-electron chi connectivity index (χ0n) is 12.8. The molecule has 4 rings (SSSR count). The Hall–Kier alpha value is -3.28. The first-order valence-corrected chi connectivity index (χ1v) is 7.41. The Kier molecular flexibility index (Phi) is 3.23. The molecule has 5 nitrogen and oxygen atoms in total. The number of fused-ring (bicyclic) bond motifs is 3. The van der Waals surface area contributed by atoms with Crippen molar-refractivity contribution in [3.63, 3.8) is 0 Å². The summed E-state index contributed by atoms with van der Waals surface area (Å²) in [6, 6.07) is 12.1. The quantitative estimate of drug-likeness (QED) is 0.576. The third-order valence-electron chi connectivity index (χ3n) is 3.86. The molecule has 118 valence electrons. The van der Waals surface area contributed by atoms with Crippen molar-refractivity contribution < 1.29 is 4.39 Å². The fourth-order valence-corrected chi connectivity index (χ4v) is 2.58. The molecule has 2 aromatic heterocycles. The number of benzene rings is 2. The molecule has 6 heteroatoms. The number of aryl methyl sites for hydroxylation is 1. The van der Waals surface area contributed by atoms with Crippen molar-refractivity contribution in [1.82, 2.24) is 14.6 Å². The molecule has 1 N–H and O–H groups in total. The van der Waals surface area contributed by atoms with E-state index in [0.717, 1.165) is 15.8 Å². The SMILES string of the molecule is Cc1ccc(/C=N/n2cnc3c([nH]c4ccc(F)cc43)c2=O)cc1. The largest absolute Gasteiger partial charge is 0.349 e. The van der Waals surface area contributed by atoms with E-state index in [1.807, 2.05) is 31.2 Å². The average Bonchev–Trinajstić information content (AvgIpc) is 2.95. The monoisotopic (exact) mass is 320 g/mol. The lowest BCUT2D eigenvalue weighted by molar-refractivity contribution is 0.630. The number of aromatic nitrogens is 3. The number of nitrogens with zero attached hydrogens (tertiary/aromatic N) is 3. The van der Waals surface area contributed by atoms with Crippen LogP contribution in [0.4, 0.5) is 4.39 Å². The molecule has 4 aromatic rings. The molecule has 0 saturated carbocycles. The summed E-state index contributed by atoms with van der Waals surface area (Å²) in [6.07, 6.45) is 2.93. The van der Waals surface area contributed by atoms with E-state index < -0.39 is 0 Å². The molecule has 0 aliphatic heterocycles. The molecule has 0 atom stereocenters. The minimum Gasteiger partial charge on any atom is -0.349 e. The Morgan fingerprint density at radius 1 is 1.21 bits per heavy atom. The summed E-state index contributed by atoms with van der Waals surface area (Å²) in [5.74, 6) is -0.369. The summed E-state index contributed by atoms with van der Waals surface area (Å²) in [5.41, 5.74) is 3.11. The Bertz CT molecular complexity index is 1140. The normalized spacial score (nSPS) is 11.8. The highest BCUT2D eigenvalue weighted by Gasteiger charge is 2.11. The van der Waals surface area contributed by atoms with Crippen LogP contribution >= 0.6 is 0 Å². The van der Waals surface area contributed by atoms with Crippen LogP contribution in [0.5, 0.6) is 0 Å². The van der Waals surface area contributed by atoms with Crippen LogP contribution in [0.2, 0.25) is 0 Å². The molecule has 2 aromatic carbocycles. The topological polar surface area (TPSA) is 63.0 Å². The summed E-state index contributed by atoms with van der Waals surface area (Å²) in [5, 5.41) is 4.75. The van der Waals surface area contributed by atoms with Gasteiger partial charge in [-0.2, -0.15) is 9.78 Å². The maximum Gasteiger partial charge on any atom is 0.298 e. The maximum atomic E-state index is 13.4. The molecule has 0 amide bonds. The molecule has 0 bridgehead atoms. The lowest BCUT2D eigenvalue weighted by Crippen LogP contribution is -2.17. The molecule has 0 saturated heterocycles. The second-order valence-electron chi connectivity index (χ2n) is 5.59. The van der Waals surface area contributed by atoms with Crippen LogP contribution in [0.3, 0.4) is 0 Å². The highest BCUT2D eigenvalue weighted by molar-refractivity contribution is 6.04. The Labute approximate surface area is 136 Å². The minimum atomic E-state index is -0.369. The molecule has 0 spiro atoms. The molecule has 24 heavy (non-hydrogen) atoms. The van der Waals surface area contributed by atoms with Gasteiger partial charge in [-0.05, 0) is 30.7 Å². The first kappa shape index (κ1) is 14.3. The van der Waals surface area contributed by atoms with Gasteiger partial charge in [0.1, 0.15) is 23.2 Å². The van der Waals surface area contributed by atoms with E-state index in [1.54, 1.807) is 12.3 Å². The van der Waals surface area contributed by atoms with Crippen molar-refractivity contribution in [3.05, 3.63) is 76.1 Å². The summed E-state index contributed by atoms with van der Waals surface area (Å²) in [4.78, 5) is 19.8. The minimum absolute atomic E-state index is 0.305. The highest BCUT2D eigenvalue weighted by Crippen LogP contribution is 2.21. The molecule has 0 radical (unpaired) electrons. The van der Waals surface area contributed by atoms with Gasteiger partial charge in [0, 0.05) is 10.9 Å². The van der Waals surface area contributed by atoms with Gasteiger partial charge in [-0.1, -0.05) is 29.8 Å². The van der Waals surface area contributed by atoms with Gasteiger partial charge in [0.25, 0.3) is 5.56 Å². The smallest absolute Gasteiger partial charge is 0.298 e. The van der Waals surface area contributed by atoms with Crippen LogP contribution in [-0.4, -0.2) is 20.9 Å². The van der Waals surface area contributed by atoms with Gasteiger partial charge in [0.2, 0.25) is 0 Å². The van der Waals surface area contributed by atoms with Crippen LogP contribution in [0.15, 0.2) is 58.7 Å². The number of rotatable bonds is 2. The molecular formula is C18H13FN4O. The number of halogens is 1. The van der Waals surface area contributed by atoms with Crippen molar-refractivity contribution in [1.29, 1.82) is 0 Å². The van der Waals surface area contributed by atoms with Crippen LogP contribution in [-0.2, 0) is 0 Å². The molecule has 2 heterocycles. The van der Waals surface area contributed by atoms with Gasteiger partial charge in [-0.3, -0.25) is 4.79 Å². The Morgan fingerprint density at radius 3 is 2.79 bits per heavy atom. The van der Waals surface area contributed by atoms with Crippen LogP contribution in [0.1, 0.15) is 11.1 Å². The number of hydrogen-bond acceptors (Lipinski definition) is 3. The number of H-pyrrole nitrogens is 1. The summed E-state index contributed by atoms with van der Waals surface area (Å²) in [7, 11) is 0. The van der Waals surface area contributed by atoms with Crippen molar-refractivity contribution in [3.8, 4) is 0 Å². The lowest BCUT2D eigenvalue weighted by atomic mass is 10.2. The molecule has 0 unspecified atom stereocenters. The van der Waals surface area contributed by atoms with Crippen molar-refractivity contribution in [2.75, 3.05) is 0 Å². The fourth-order valence-electron chi connectivity index (χ4n) is 2.58. The average molecular weight is 320 g/mol. The first-order chi connectivity index (χ1) is 11.6. The number of aromatic amines is 1. The second kappa shape index (κ2) is 5.42. The number of hydrogen-bond donors (Lipinski definition) is 1. The maximum absolute atomic E-state index is 13.4. The van der Waals surface area contributed by atoms with Crippen LogP contribution < -0.4 is 5.56 Å². The van der Waals surface area contributed by atoms with Gasteiger partial charge in [0.05, 0.1) is 6.21 Å². The zero-order valence-corrected chi connectivity index (χ0v) is 12.8. The highest BCUT2D eigenvalue weighted by atomic mass is 19.1. The fraction of sp³-hybridized carbons (Fsp3) is 0.0556. The first-order valence-electron chi connectivity index (χ1n) is 7.41. The van der Waals surface area contributed by atoms with E-state index in [2.05, 4.69) is 15.1 Å². The van der Waals surface area contributed by atoms with E-state index in [1.165, 1.54) is 18.5 Å². The van der Waals surface area contributed by atoms with E-state index >= 15 is 0 Å². The Balaban J connectivity index is 1.82. The van der Waals surface area contributed by atoms with E-state index in [4.69, 9.17) is 0 Å². The van der Waals surface area contributed by atoms with Gasteiger partial charge in [-0.25, -0.2) is 9.37 Å². The predicted molar refractivity (Wildman–Crippen MR) is 92.0 cm³/mol. The summed E-state index contributed by atoms with van der Waals surface area (Å²) < 4.78 is 14.6. The van der Waals surface area contributed by atoms with Gasteiger partial charge < -0.3 is 4.98 Å². The van der Waals surface area contributed by atoms with Gasteiger partial charge in [-0.15, -0.1) is 0 Å². The third-order valence-corrected chi connectivity index (χ3v) is 3.86. The Morgan fingerprint density at radius 2 is 2.00 bits per heavy atom. The van der Waals surface area contributed by atoms with Crippen LogP contribution in [0, 0.1) is 12.7 Å². The molecule has 0 aliphatic carbocycles. The second-order valence-corrected chi connectivity index (χ2v) is 5.59. The summed E-state index contributed by atoms with van der Waals surface area (Å²) >= 11 is 0. The van der Waals surface area contributed by atoms with Crippen molar-refractivity contribution in [2.45, 2.75) is 6.92 Å². The van der Waals surface area contributed by atoms with Crippen molar-refractivity contribution in [2.24, 2.45) is 5.10 Å². The van der Waals surface area contributed by atoms with Gasteiger partial charge >= 0.3 is 0 Å². The predicted octanol–water partition coefficient (Wildman–Crippen LogP) is 3.21. The standard InChI is InChI=1S/C18H13FN4O/c1-11-2-4-12(5-3-11)9-21-23-10-20-16-14-8-13(19)6-7-15(14)22-17(16)18(23)24/h2-10,22H,1H3/b21-9+. The molecule has 0 fully saturated rings. The molecule has 0 aliphatic rings.